The van der Waals surface area contributed by atoms with Crippen molar-refractivity contribution >= 4 is 6.03 Å². The molecule has 1 aromatic carbocycles. The van der Waals surface area contributed by atoms with Crippen LogP contribution in [-0.4, -0.2) is 38.3 Å². The molecule has 2 N–H and O–H groups in total. The lowest BCUT2D eigenvalue weighted by molar-refractivity contribution is 0.0446. The highest BCUT2D eigenvalue weighted by Gasteiger charge is 2.23. The maximum Gasteiger partial charge on any atom is 0.318 e. The van der Waals surface area contributed by atoms with Crippen LogP contribution in [0.15, 0.2) is 34.9 Å². The lowest BCUT2D eigenvalue weighted by Gasteiger charge is -2.29. The summed E-state index contributed by atoms with van der Waals surface area (Å²) in [7, 11) is 0. The number of aromatic nitrogens is 2. The van der Waals surface area contributed by atoms with E-state index in [1.807, 2.05) is 30.3 Å². The number of urea groups is 1. The van der Waals surface area contributed by atoms with Gasteiger partial charge in [0.15, 0.2) is 5.82 Å². The molecule has 2 amide bonds. The number of amides is 2. The third-order valence-electron chi connectivity index (χ3n) is 3.05. The number of hydrogen-bond donors (Lipinski definition) is 2. The summed E-state index contributed by atoms with van der Waals surface area (Å²) in [6, 6.07) is 9.33. The SMILES string of the molecule is Cc1nc(CNC(=O)N(Cc2ccccc2)CC(C)(C)O)no1. The first-order valence-electron chi connectivity index (χ1n) is 7.42. The van der Waals surface area contributed by atoms with Gasteiger partial charge in [-0.2, -0.15) is 4.98 Å². The van der Waals surface area contributed by atoms with E-state index in [-0.39, 0.29) is 19.1 Å². The van der Waals surface area contributed by atoms with E-state index in [0.29, 0.717) is 18.3 Å². The molecule has 1 heterocycles. The molecule has 0 saturated carbocycles. The molecule has 7 heteroatoms. The fraction of sp³-hybridized carbons (Fsp3) is 0.438. The van der Waals surface area contributed by atoms with Crippen molar-refractivity contribution in [3.63, 3.8) is 0 Å². The first kappa shape index (κ1) is 17.0. The van der Waals surface area contributed by atoms with Crippen molar-refractivity contribution in [2.24, 2.45) is 0 Å². The Labute approximate surface area is 135 Å². The van der Waals surface area contributed by atoms with Gasteiger partial charge in [0.2, 0.25) is 5.89 Å². The van der Waals surface area contributed by atoms with Gasteiger partial charge in [0.1, 0.15) is 0 Å². The summed E-state index contributed by atoms with van der Waals surface area (Å²) < 4.78 is 4.87. The number of hydrogen-bond acceptors (Lipinski definition) is 5. The van der Waals surface area contributed by atoms with E-state index in [1.54, 1.807) is 25.7 Å². The van der Waals surface area contributed by atoms with Crippen LogP contribution in [0.4, 0.5) is 4.79 Å². The van der Waals surface area contributed by atoms with Gasteiger partial charge in [0.05, 0.1) is 18.7 Å². The number of carbonyl (C=O) groups is 1. The summed E-state index contributed by atoms with van der Waals surface area (Å²) in [5, 5.41) is 16.5. The lowest BCUT2D eigenvalue weighted by Crippen LogP contribution is -2.46. The number of nitrogens with zero attached hydrogens (tertiary/aromatic N) is 3. The van der Waals surface area contributed by atoms with Gasteiger partial charge in [-0.3, -0.25) is 0 Å². The van der Waals surface area contributed by atoms with Gasteiger partial charge < -0.3 is 19.8 Å². The molecule has 0 fully saturated rings. The minimum atomic E-state index is -0.991. The maximum atomic E-state index is 12.4. The second-order valence-electron chi connectivity index (χ2n) is 6.04. The third-order valence-corrected chi connectivity index (χ3v) is 3.05. The smallest absolute Gasteiger partial charge is 0.318 e. The van der Waals surface area contributed by atoms with Gasteiger partial charge in [-0.1, -0.05) is 35.5 Å². The van der Waals surface area contributed by atoms with E-state index in [0.717, 1.165) is 5.56 Å². The number of nitrogens with one attached hydrogen (secondary N) is 1. The molecule has 2 rings (SSSR count). The van der Waals surface area contributed by atoms with Gasteiger partial charge >= 0.3 is 6.03 Å². The van der Waals surface area contributed by atoms with Crippen molar-refractivity contribution < 1.29 is 14.4 Å². The highest BCUT2D eigenvalue weighted by atomic mass is 16.5. The molecule has 0 aliphatic rings. The average molecular weight is 318 g/mol. The van der Waals surface area contributed by atoms with Crippen molar-refractivity contribution in [2.45, 2.75) is 39.5 Å². The molecule has 0 aliphatic heterocycles. The van der Waals surface area contributed by atoms with E-state index in [2.05, 4.69) is 15.5 Å². The predicted octanol–water partition coefficient (Wildman–Crippen LogP) is 1.86. The molecule has 0 unspecified atom stereocenters. The topological polar surface area (TPSA) is 91.5 Å². The Kier molecular flexibility index (Phi) is 5.33. The molecule has 0 bridgehead atoms. The Balaban J connectivity index is 2.01. The molecule has 1 aromatic heterocycles. The zero-order valence-corrected chi connectivity index (χ0v) is 13.6. The van der Waals surface area contributed by atoms with E-state index < -0.39 is 5.60 Å². The predicted molar refractivity (Wildman–Crippen MR) is 84.4 cm³/mol. The third kappa shape index (κ3) is 5.71. The molecule has 124 valence electrons. The minimum Gasteiger partial charge on any atom is -0.389 e. The molecule has 0 spiro atoms. The number of aliphatic hydroxyl groups is 1. The minimum absolute atomic E-state index is 0.174. The Bertz CT molecular complexity index is 634. The number of aryl methyl sites for hydroxylation is 1. The van der Waals surface area contributed by atoms with Crippen LogP contribution in [0.1, 0.15) is 31.1 Å². The Morgan fingerprint density at radius 1 is 1.35 bits per heavy atom. The van der Waals surface area contributed by atoms with Crippen molar-refractivity contribution in [1.82, 2.24) is 20.4 Å². The standard InChI is InChI=1S/C16H22N4O3/c1-12-18-14(19-23-12)9-17-15(21)20(11-16(2,3)22)10-13-7-5-4-6-8-13/h4-8,22H,9-11H2,1-3H3,(H,17,21). The molecular weight excluding hydrogens is 296 g/mol. The van der Waals surface area contributed by atoms with Crippen molar-refractivity contribution in [3.05, 3.63) is 47.6 Å². The molecule has 2 aromatic rings. The largest absolute Gasteiger partial charge is 0.389 e. The average Bonchev–Trinajstić information content (AvgIpc) is 2.89. The lowest BCUT2D eigenvalue weighted by atomic mass is 10.1. The number of carbonyl (C=O) groups excluding carboxylic acids is 1. The van der Waals surface area contributed by atoms with Crippen LogP contribution in [0.25, 0.3) is 0 Å². The van der Waals surface area contributed by atoms with E-state index in [1.165, 1.54) is 0 Å². The monoisotopic (exact) mass is 318 g/mol. The van der Waals surface area contributed by atoms with Crippen LogP contribution >= 0.6 is 0 Å². The first-order chi connectivity index (χ1) is 10.8. The summed E-state index contributed by atoms with van der Waals surface area (Å²) in [5.41, 5.74) is -0.00298. The van der Waals surface area contributed by atoms with E-state index >= 15 is 0 Å². The Morgan fingerprint density at radius 2 is 2.04 bits per heavy atom. The fourth-order valence-electron chi connectivity index (χ4n) is 2.15. The molecule has 0 radical (unpaired) electrons. The highest BCUT2D eigenvalue weighted by Crippen LogP contribution is 2.10. The number of benzene rings is 1. The highest BCUT2D eigenvalue weighted by molar-refractivity contribution is 5.74. The van der Waals surface area contributed by atoms with Gasteiger partial charge in [0, 0.05) is 13.5 Å². The van der Waals surface area contributed by atoms with E-state index in [9.17, 15) is 9.90 Å². The zero-order valence-electron chi connectivity index (χ0n) is 13.6. The molecular formula is C16H22N4O3. The summed E-state index contributed by atoms with van der Waals surface area (Å²) >= 11 is 0. The summed E-state index contributed by atoms with van der Waals surface area (Å²) in [5.74, 6) is 0.866. The maximum absolute atomic E-state index is 12.4. The molecule has 0 atom stereocenters. The van der Waals surface area contributed by atoms with Crippen LogP contribution in [0.2, 0.25) is 0 Å². The molecule has 7 nitrogen and oxygen atoms in total. The van der Waals surface area contributed by atoms with Crippen LogP contribution in [0, 0.1) is 6.92 Å². The second-order valence-corrected chi connectivity index (χ2v) is 6.04. The summed E-state index contributed by atoms with van der Waals surface area (Å²) in [6.07, 6.45) is 0. The molecule has 0 saturated heterocycles. The van der Waals surface area contributed by atoms with Crippen LogP contribution in [-0.2, 0) is 13.1 Å². The van der Waals surface area contributed by atoms with Gasteiger partial charge in [0.25, 0.3) is 0 Å². The van der Waals surface area contributed by atoms with Crippen LogP contribution < -0.4 is 5.32 Å². The summed E-state index contributed by atoms with van der Waals surface area (Å²) in [4.78, 5) is 18.0. The summed E-state index contributed by atoms with van der Waals surface area (Å²) in [6.45, 7) is 5.81. The van der Waals surface area contributed by atoms with Gasteiger partial charge in [-0.25, -0.2) is 4.79 Å². The van der Waals surface area contributed by atoms with E-state index in [4.69, 9.17) is 4.52 Å². The van der Waals surface area contributed by atoms with Crippen molar-refractivity contribution in [3.8, 4) is 0 Å². The first-order valence-corrected chi connectivity index (χ1v) is 7.42. The molecule has 0 aliphatic carbocycles. The normalized spacial score (nSPS) is 11.3. The Hall–Kier alpha value is -2.41. The van der Waals surface area contributed by atoms with Crippen molar-refractivity contribution in [2.75, 3.05) is 6.54 Å². The quantitative estimate of drug-likeness (QED) is 0.848. The molecule has 23 heavy (non-hydrogen) atoms. The zero-order chi connectivity index (χ0) is 16.9. The van der Waals surface area contributed by atoms with Gasteiger partial charge in [-0.05, 0) is 19.4 Å². The second kappa shape index (κ2) is 7.23. The van der Waals surface area contributed by atoms with Gasteiger partial charge in [-0.15, -0.1) is 0 Å². The Morgan fingerprint density at radius 3 is 2.61 bits per heavy atom. The fourth-order valence-corrected chi connectivity index (χ4v) is 2.15. The van der Waals surface area contributed by atoms with Crippen LogP contribution in [0.3, 0.4) is 0 Å². The number of rotatable bonds is 6. The van der Waals surface area contributed by atoms with Crippen molar-refractivity contribution in [1.29, 1.82) is 0 Å². The van der Waals surface area contributed by atoms with Crippen LogP contribution in [0.5, 0.6) is 0 Å².